The van der Waals surface area contributed by atoms with E-state index < -0.39 is 17.3 Å². The molecular weight excluding hydrogens is 297 g/mol. The Morgan fingerprint density at radius 1 is 1.39 bits per heavy atom. The van der Waals surface area contributed by atoms with Crippen LogP contribution in [0.4, 0.5) is 4.39 Å². The molecule has 0 bridgehead atoms. The molecule has 1 aromatic rings. The molecule has 1 N–H and O–H groups in total. The third-order valence-corrected chi connectivity index (χ3v) is 4.56. The van der Waals surface area contributed by atoms with E-state index in [4.69, 9.17) is 0 Å². The maximum atomic E-state index is 13.6. The van der Waals surface area contributed by atoms with Gasteiger partial charge >= 0.3 is 0 Å². The van der Waals surface area contributed by atoms with Crippen LogP contribution in [0.1, 0.15) is 25.0 Å². The van der Waals surface area contributed by atoms with Crippen LogP contribution < -0.4 is 5.32 Å². The van der Waals surface area contributed by atoms with Crippen LogP contribution >= 0.6 is 15.9 Å². The van der Waals surface area contributed by atoms with Crippen LogP contribution in [0.5, 0.6) is 0 Å². The number of halogens is 2. The van der Waals surface area contributed by atoms with E-state index in [1.54, 1.807) is 0 Å². The van der Waals surface area contributed by atoms with E-state index in [9.17, 15) is 9.18 Å². The summed E-state index contributed by atoms with van der Waals surface area (Å²) in [6.45, 7) is 4.10. The van der Waals surface area contributed by atoms with Crippen LogP contribution in [0.2, 0.25) is 0 Å². The molecule has 2 nitrogen and oxygen atoms in total. The van der Waals surface area contributed by atoms with Gasteiger partial charge in [-0.05, 0) is 41.2 Å². The number of hydrogen-bond donors (Lipinski definition) is 1. The first-order chi connectivity index (χ1) is 8.36. The van der Waals surface area contributed by atoms with Gasteiger partial charge in [-0.1, -0.05) is 35.8 Å². The van der Waals surface area contributed by atoms with E-state index in [0.29, 0.717) is 0 Å². The monoisotopic (exact) mass is 309 g/mol. The Hall–Kier alpha value is -1.16. The lowest BCUT2D eigenvalue weighted by atomic mass is 9.73. The Morgan fingerprint density at radius 2 is 2.11 bits per heavy atom. The molecule has 1 aromatic carbocycles. The van der Waals surface area contributed by atoms with E-state index >= 15 is 0 Å². The second-order valence-electron chi connectivity index (χ2n) is 5.62. The number of hydrogen-bond acceptors (Lipinski definition) is 1. The minimum Gasteiger partial charge on any atom is -0.336 e. The predicted molar refractivity (Wildman–Crippen MR) is 70.6 cm³/mol. The predicted octanol–water partition coefficient (Wildman–Crippen LogP) is 3.21. The number of rotatable bonds is 0. The second kappa shape index (κ2) is 3.44. The highest BCUT2D eigenvalue weighted by Gasteiger charge is 2.55. The standard InChI is InChI=1S/C14H13BrFNO/c1-13(2)6-8-3-4-9(15)5-10(8)14(13)7-11(16)12(18)17-14/h3-5,7H,6H2,1-2H3,(H,17,18). The largest absolute Gasteiger partial charge is 0.336 e. The van der Waals surface area contributed by atoms with Gasteiger partial charge < -0.3 is 5.32 Å². The maximum absolute atomic E-state index is 13.6. The van der Waals surface area contributed by atoms with E-state index in [2.05, 4.69) is 35.1 Å². The van der Waals surface area contributed by atoms with Gasteiger partial charge in [0.05, 0.1) is 5.54 Å². The number of benzene rings is 1. The molecule has 18 heavy (non-hydrogen) atoms. The number of carbonyl (C=O) groups is 1. The van der Waals surface area contributed by atoms with E-state index in [1.165, 1.54) is 6.08 Å². The normalized spacial score (nSPS) is 28.2. The van der Waals surface area contributed by atoms with E-state index in [1.807, 2.05) is 18.2 Å². The Kier molecular flexibility index (Phi) is 2.28. The van der Waals surface area contributed by atoms with Gasteiger partial charge in [0.1, 0.15) is 0 Å². The summed E-state index contributed by atoms with van der Waals surface area (Å²) in [5.74, 6) is -1.30. The fourth-order valence-corrected chi connectivity index (χ4v) is 3.45. The molecular formula is C14H13BrFNO. The molecule has 2 aliphatic rings. The molecule has 1 spiro atoms. The average molecular weight is 310 g/mol. The lowest BCUT2D eigenvalue weighted by Gasteiger charge is -2.37. The molecule has 1 amide bonds. The van der Waals surface area contributed by atoms with Crippen molar-refractivity contribution in [2.45, 2.75) is 25.8 Å². The lowest BCUT2D eigenvalue weighted by Crippen LogP contribution is -2.48. The Morgan fingerprint density at radius 3 is 2.72 bits per heavy atom. The molecule has 1 aliphatic carbocycles. The van der Waals surface area contributed by atoms with Crippen LogP contribution in [0, 0.1) is 5.41 Å². The lowest BCUT2D eigenvalue weighted by molar-refractivity contribution is -0.119. The quantitative estimate of drug-likeness (QED) is 0.783. The first kappa shape index (κ1) is 11.9. The average Bonchev–Trinajstić information content (AvgIpc) is 2.68. The SMILES string of the molecule is CC1(C)Cc2ccc(Br)cc2C12C=C(F)C(=O)N2. The van der Waals surface area contributed by atoms with Gasteiger partial charge in [-0.25, -0.2) is 4.39 Å². The minimum atomic E-state index is -0.715. The fraction of sp³-hybridized carbons (Fsp3) is 0.357. The van der Waals surface area contributed by atoms with Crippen molar-refractivity contribution in [1.29, 1.82) is 0 Å². The summed E-state index contributed by atoms with van der Waals surface area (Å²) in [5.41, 5.74) is 1.20. The third-order valence-electron chi connectivity index (χ3n) is 4.07. The molecule has 3 rings (SSSR count). The molecule has 0 radical (unpaired) electrons. The summed E-state index contributed by atoms with van der Waals surface area (Å²) in [6.07, 6.45) is 2.26. The third kappa shape index (κ3) is 1.35. The highest BCUT2D eigenvalue weighted by Crippen LogP contribution is 2.53. The van der Waals surface area contributed by atoms with Gasteiger partial charge in [-0.15, -0.1) is 0 Å². The summed E-state index contributed by atoms with van der Waals surface area (Å²) >= 11 is 3.44. The molecule has 1 unspecified atom stereocenters. The van der Waals surface area contributed by atoms with Crippen molar-refractivity contribution < 1.29 is 9.18 Å². The van der Waals surface area contributed by atoms with Crippen molar-refractivity contribution in [3.05, 3.63) is 45.7 Å². The van der Waals surface area contributed by atoms with Gasteiger partial charge in [-0.3, -0.25) is 4.79 Å². The number of carbonyl (C=O) groups excluding carboxylic acids is 1. The molecule has 0 fully saturated rings. The van der Waals surface area contributed by atoms with Gasteiger partial charge in [-0.2, -0.15) is 0 Å². The second-order valence-corrected chi connectivity index (χ2v) is 6.53. The summed E-state index contributed by atoms with van der Waals surface area (Å²) in [5, 5.41) is 2.83. The maximum Gasteiger partial charge on any atom is 0.280 e. The summed E-state index contributed by atoms with van der Waals surface area (Å²) in [6, 6.07) is 5.98. The zero-order valence-corrected chi connectivity index (χ0v) is 11.8. The molecule has 1 heterocycles. The van der Waals surface area contributed by atoms with Crippen LogP contribution in [-0.4, -0.2) is 5.91 Å². The summed E-state index contributed by atoms with van der Waals surface area (Å²) < 4.78 is 14.5. The van der Waals surface area contributed by atoms with Crippen molar-refractivity contribution in [3.63, 3.8) is 0 Å². The Bertz CT molecular complexity index is 593. The molecule has 0 aromatic heterocycles. The van der Waals surface area contributed by atoms with Crippen LogP contribution in [-0.2, 0) is 16.8 Å². The van der Waals surface area contributed by atoms with Gasteiger partial charge in [0.2, 0.25) is 0 Å². The molecule has 1 atom stereocenters. The van der Waals surface area contributed by atoms with Crippen LogP contribution in [0.3, 0.4) is 0 Å². The first-order valence-corrected chi connectivity index (χ1v) is 6.65. The van der Waals surface area contributed by atoms with Crippen molar-refractivity contribution in [2.24, 2.45) is 5.41 Å². The van der Waals surface area contributed by atoms with Crippen molar-refractivity contribution in [2.75, 3.05) is 0 Å². The van der Waals surface area contributed by atoms with Crippen molar-refractivity contribution >= 4 is 21.8 Å². The zero-order valence-electron chi connectivity index (χ0n) is 10.2. The summed E-state index contributed by atoms with van der Waals surface area (Å²) in [7, 11) is 0. The topological polar surface area (TPSA) is 29.1 Å². The molecule has 1 aliphatic heterocycles. The van der Waals surface area contributed by atoms with Crippen LogP contribution in [0.15, 0.2) is 34.6 Å². The summed E-state index contributed by atoms with van der Waals surface area (Å²) in [4.78, 5) is 11.6. The zero-order chi connectivity index (χ0) is 13.1. The van der Waals surface area contributed by atoms with Gasteiger partial charge in [0.25, 0.3) is 5.91 Å². The molecule has 0 saturated heterocycles. The fourth-order valence-electron chi connectivity index (χ4n) is 3.09. The van der Waals surface area contributed by atoms with Gasteiger partial charge in [0, 0.05) is 4.47 Å². The molecule has 4 heteroatoms. The Labute approximate surface area is 113 Å². The van der Waals surface area contributed by atoms with E-state index in [-0.39, 0.29) is 5.41 Å². The number of amides is 1. The highest BCUT2D eigenvalue weighted by molar-refractivity contribution is 9.10. The first-order valence-electron chi connectivity index (χ1n) is 5.85. The molecule has 94 valence electrons. The smallest absolute Gasteiger partial charge is 0.280 e. The van der Waals surface area contributed by atoms with Crippen molar-refractivity contribution in [1.82, 2.24) is 5.32 Å². The molecule has 0 saturated carbocycles. The minimum absolute atomic E-state index is 0.236. The number of fused-ring (bicyclic) bond motifs is 2. The highest BCUT2D eigenvalue weighted by atomic mass is 79.9. The Balaban J connectivity index is 2.27. The van der Waals surface area contributed by atoms with E-state index in [0.717, 1.165) is 22.0 Å². The van der Waals surface area contributed by atoms with Crippen LogP contribution in [0.25, 0.3) is 0 Å². The van der Waals surface area contributed by atoms with Gasteiger partial charge in [0.15, 0.2) is 5.83 Å². The number of nitrogens with one attached hydrogen (secondary N) is 1. The van der Waals surface area contributed by atoms with Crippen molar-refractivity contribution in [3.8, 4) is 0 Å².